The van der Waals surface area contributed by atoms with Crippen LogP contribution in [0.1, 0.15) is 10.4 Å². The van der Waals surface area contributed by atoms with Crippen LogP contribution in [-0.2, 0) is 0 Å². The Kier molecular flexibility index (Phi) is 4.06. The zero-order valence-corrected chi connectivity index (χ0v) is 11.7. The molecule has 0 unspecified atom stereocenters. The van der Waals surface area contributed by atoms with E-state index in [0.29, 0.717) is 17.2 Å². The lowest BCUT2D eigenvalue weighted by Crippen LogP contribution is -2.11. The summed E-state index contributed by atoms with van der Waals surface area (Å²) in [7, 11) is 0. The maximum absolute atomic E-state index is 12.1. The van der Waals surface area contributed by atoms with Gasteiger partial charge in [-0.2, -0.15) is 0 Å². The number of rotatable bonds is 4. The molecule has 0 spiro atoms. The minimum Gasteiger partial charge on any atom is -0.324 e. The first-order valence-electron chi connectivity index (χ1n) is 6.82. The van der Waals surface area contributed by atoms with Gasteiger partial charge in [0.25, 0.3) is 5.91 Å². The fourth-order valence-corrected chi connectivity index (χ4v) is 1.96. The van der Waals surface area contributed by atoms with Gasteiger partial charge < -0.3 is 10.6 Å². The van der Waals surface area contributed by atoms with Crippen molar-refractivity contribution in [1.29, 1.82) is 0 Å². The van der Waals surface area contributed by atoms with E-state index in [1.54, 1.807) is 30.6 Å². The molecule has 22 heavy (non-hydrogen) atoms. The predicted molar refractivity (Wildman–Crippen MR) is 86.2 cm³/mol. The van der Waals surface area contributed by atoms with Crippen LogP contribution < -0.4 is 10.6 Å². The zero-order chi connectivity index (χ0) is 15.2. The van der Waals surface area contributed by atoms with Gasteiger partial charge in [-0.25, -0.2) is 9.97 Å². The number of amides is 1. The standard InChI is InChI=1S/C17H14N4O/c22-16(13-6-2-1-3-7-13)20-14-8-4-9-15(12-14)21-17-18-10-5-11-19-17/h1-12H,(H,20,22)(H,18,19,21). The van der Waals surface area contributed by atoms with Crippen molar-refractivity contribution in [3.63, 3.8) is 0 Å². The van der Waals surface area contributed by atoms with Crippen LogP contribution in [0.3, 0.4) is 0 Å². The van der Waals surface area contributed by atoms with Crippen LogP contribution >= 0.6 is 0 Å². The topological polar surface area (TPSA) is 66.9 Å². The summed E-state index contributed by atoms with van der Waals surface area (Å²) in [6.07, 6.45) is 3.33. The van der Waals surface area contributed by atoms with Gasteiger partial charge in [-0.15, -0.1) is 0 Å². The lowest BCUT2D eigenvalue weighted by atomic mass is 10.2. The molecule has 108 valence electrons. The van der Waals surface area contributed by atoms with Crippen LogP contribution in [0.5, 0.6) is 0 Å². The molecule has 2 N–H and O–H groups in total. The van der Waals surface area contributed by atoms with Gasteiger partial charge in [0, 0.05) is 29.3 Å². The number of nitrogens with zero attached hydrogens (tertiary/aromatic N) is 2. The Hall–Kier alpha value is -3.21. The summed E-state index contributed by atoms with van der Waals surface area (Å²) in [6.45, 7) is 0. The second-order valence-corrected chi connectivity index (χ2v) is 4.60. The minimum atomic E-state index is -0.145. The Bertz CT molecular complexity index is 760. The van der Waals surface area contributed by atoms with E-state index in [1.807, 2.05) is 42.5 Å². The van der Waals surface area contributed by atoms with Crippen LogP contribution in [0.2, 0.25) is 0 Å². The van der Waals surface area contributed by atoms with Crippen molar-refractivity contribution in [1.82, 2.24) is 9.97 Å². The van der Waals surface area contributed by atoms with Gasteiger partial charge in [-0.3, -0.25) is 4.79 Å². The third kappa shape index (κ3) is 3.46. The Morgan fingerprint density at radius 2 is 1.55 bits per heavy atom. The van der Waals surface area contributed by atoms with Crippen molar-refractivity contribution >= 4 is 23.2 Å². The molecule has 2 aromatic carbocycles. The number of nitrogens with one attached hydrogen (secondary N) is 2. The van der Waals surface area contributed by atoms with E-state index >= 15 is 0 Å². The van der Waals surface area contributed by atoms with Crippen molar-refractivity contribution in [2.75, 3.05) is 10.6 Å². The Morgan fingerprint density at radius 1 is 0.818 bits per heavy atom. The molecule has 3 aromatic rings. The molecule has 0 bridgehead atoms. The third-order valence-corrected chi connectivity index (χ3v) is 2.98. The van der Waals surface area contributed by atoms with E-state index in [0.717, 1.165) is 5.69 Å². The average Bonchev–Trinajstić information content (AvgIpc) is 2.57. The minimum absolute atomic E-state index is 0.145. The first-order chi connectivity index (χ1) is 10.8. The summed E-state index contributed by atoms with van der Waals surface area (Å²) < 4.78 is 0. The summed E-state index contributed by atoms with van der Waals surface area (Å²) in [5.41, 5.74) is 2.12. The zero-order valence-electron chi connectivity index (χ0n) is 11.7. The molecule has 0 saturated heterocycles. The molecular weight excluding hydrogens is 276 g/mol. The first-order valence-corrected chi connectivity index (χ1v) is 6.82. The summed E-state index contributed by atoms with van der Waals surface area (Å²) in [5.74, 6) is 0.364. The number of carbonyl (C=O) groups is 1. The molecule has 0 radical (unpaired) electrons. The number of benzene rings is 2. The van der Waals surface area contributed by atoms with Gasteiger partial charge in [0.05, 0.1) is 0 Å². The highest BCUT2D eigenvalue weighted by Gasteiger charge is 2.05. The number of aromatic nitrogens is 2. The van der Waals surface area contributed by atoms with E-state index < -0.39 is 0 Å². The van der Waals surface area contributed by atoms with Crippen LogP contribution in [-0.4, -0.2) is 15.9 Å². The molecule has 0 atom stereocenters. The van der Waals surface area contributed by atoms with Crippen molar-refractivity contribution in [3.8, 4) is 0 Å². The van der Waals surface area contributed by atoms with Gasteiger partial charge >= 0.3 is 0 Å². The summed E-state index contributed by atoms with van der Waals surface area (Å²) in [5, 5.41) is 5.95. The average molecular weight is 290 g/mol. The fourth-order valence-electron chi connectivity index (χ4n) is 1.96. The maximum atomic E-state index is 12.1. The molecule has 0 aliphatic rings. The van der Waals surface area contributed by atoms with E-state index in [9.17, 15) is 4.79 Å². The van der Waals surface area contributed by atoms with E-state index in [4.69, 9.17) is 0 Å². The summed E-state index contributed by atoms with van der Waals surface area (Å²) in [4.78, 5) is 20.3. The van der Waals surface area contributed by atoms with Gasteiger partial charge in [0.2, 0.25) is 5.95 Å². The van der Waals surface area contributed by atoms with Gasteiger partial charge in [0.1, 0.15) is 0 Å². The monoisotopic (exact) mass is 290 g/mol. The van der Waals surface area contributed by atoms with Crippen LogP contribution in [0.15, 0.2) is 73.1 Å². The molecule has 1 amide bonds. The maximum Gasteiger partial charge on any atom is 0.255 e. The number of hydrogen-bond donors (Lipinski definition) is 2. The number of hydrogen-bond acceptors (Lipinski definition) is 4. The van der Waals surface area contributed by atoms with Crippen LogP contribution in [0, 0.1) is 0 Å². The quantitative estimate of drug-likeness (QED) is 0.772. The number of anilines is 3. The number of carbonyl (C=O) groups excluding carboxylic acids is 1. The molecule has 5 nitrogen and oxygen atoms in total. The molecule has 0 saturated carbocycles. The summed E-state index contributed by atoms with van der Waals surface area (Å²) in [6, 6.07) is 18.2. The van der Waals surface area contributed by atoms with Gasteiger partial charge in [0.15, 0.2) is 0 Å². The lowest BCUT2D eigenvalue weighted by Gasteiger charge is -2.08. The molecule has 0 aliphatic heterocycles. The Balaban J connectivity index is 1.73. The van der Waals surface area contributed by atoms with E-state index in [2.05, 4.69) is 20.6 Å². The highest BCUT2D eigenvalue weighted by Crippen LogP contribution is 2.18. The third-order valence-electron chi connectivity index (χ3n) is 2.98. The molecule has 1 aromatic heterocycles. The summed E-state index contributed by atoms with van der Waals surface area (Å²) >= 11 is 0. The normalized spacial score (nSPS) is 10.0. The smallest absolute Gasteiger partial charge is 0.255 e. The molecular formula is C17H14N4O. The van der Waals surface area contributed by atoms with Crippen LogP contribution in [0.4, 0.5) is 17.3 Å². The predicted octanol–water partition coefficient (Wildman–Crippen LogP) is 3.47. The second kappa shape index (κ2) is 6.49. The molecule has 0 aliphatic carbocycles. The van der Waals surface area contributed by atoms with Crippen molar-refractivity contribution in [2.45, 2.75) is 0 Å². The van der Waals surface area contributed by atoms with E-state index in [1.165, 1.54) is 0 Å². The van der Waals surface area contributed by atoms with Crippen LogP contribution in [0.25, 0.3) is 0 Å². The molecule has 5 heteroatoms. The Morgan fingerprint density at radius 3 is 2.32 bits per heavy atom. The van der Waals surface area contributed by atoms with E-state index in [-0.39, 0.29) is 5.91 Å². The fraction of sp³-hybridized carbons (Fsp3) is 0. The highest BCUT2D eigenvalue weighted by atomic mass is 16.1. The lowest BCUT2D eigenvalue weighted by molar-refractivity contribution is 0.102. The second-order valence-electron chi connectivity index (χ2n) is 4.60. The first kappa shape index (κ1) is 13.8. The van der Waals surface area contributed by atoms with Crippen molar-refractivity contribution in [3.05, 3.63) is 78.6 Å². The largest absolute Gasteiger partial charge is 0.324 e. The van der Waals surface area contributed by atoms with Crippen molar-refractivity contribution in [2.24, 2.45) is 0 Å². The van der Waals surface area contributed by atoms with Crippen molar-refractivity contribution < 1.29 is 4.79 Å². The molecule has 1 heterocycles. The van der Waals surface area contributed by atoms with Gasteiger partial charge in [-0.1, -0.05) is 24.3 Å². The SMILES string of the molecule is O=C(Nc1cccc(Nc2ncccn2)c1)c1ccccc1. The highest BCUT2D eigenvalue weighted by molar-refractivity contribution is 6.04. The Labute approximate surface area is 128 Å². The molecule has 3 rings (SSSR count). The molecule has 0 fully saturated rings. The van der Waals surface area contributed by atoms with Gasteiger partial charge in [-0.05, 0) is 36.4 Å².